The highest BCUT2D eigenvalue weighted by atomic mass is 19.2. The molecule has 0 N–H and O–H groups in total. The topological polar surface area (TPSA) is 66.4 Å². The molecule has 1 aromatic rings. The molecule has 0 heterocycles. The number of aliphatic carboxylic acids is 1. The third kappa shape index (κ3) is 2.95. The first kappa shape index (κ1) is 15.7. The summed E-state index contributed by atoms with van der Waals surface area (Å²) in [6.45, 7) is 1.45. The van der Waals surface area contributed by atoms with E-state index in [0.29, 0.717) is 6.26 Å². The Kier molecular flexibility index (Phi) is 4.84. The lowest BCUT2D eigenvalue weighted by molar-refractivity contribution is -0.298. The largest absolute Gasteiger partial charge is 0.545 e. The third-order valence-corrected chi connectivity index (χ3v) is 2.18. The lowest BCUT2D eigenvalue weighted by Gasteiger charge is -2.09. The van der Waals surface area contributed by atoms with Gasteiger partial charge in [-0.05, 0) is 13.0 Å². The highest BCUT2D eigenvalue weighted by Crippen LogP contribution is 2.21. The number of ketones is 1. The predicted molar refractivity (Wildman–Crippen MR) is 55.3 cm³/mol. The van der Waals surface area contributed by atoms with Gasteiger partial charge in [0.2, 0.25) is 5.78 Å². The average molecular weight is 291 g/mol. The fourth-order valence-electron chi connectivity index (χ4n) is 1.24. The molecule has 0 aliphatic carbocycles. The molecule has 0 radical (unpaired) electrons. The van der Waals surface area contributed by atoms with Gasteiger partial charge < -0.3 is 14.6 Å². The number of carboxylic acids is 1. The SMILES string of the molecule is CCO/C=C(\C(=O)[O-])C(=O)c1cc(F)c(F)c(F)c1F. The molecule has 108 valence electrons. The zero-order valence-corrected chi connectivity index (χ0v) is 10.0. The second-order valence-corrected chi connectivity index (χ2v) is 3.45. The molecule has 0 saturated carbocycles. The summed E-state index contributed by atoms with van der Waals surface area (Å²) in [5.41, 5.74) is -2.44. The maximum absolute atomic E-state index is 13.4. The van der Waals surface area contributed by atoms with Gasteiger partial charge in [-0.3, -0.25) is 4.79 Å². The van der Waals surface area contributed by atoms with Crippen LogP contribution in [0.1, 0.15) is 17.3 Å². The van der Waals surface area contributed by atoms with E-state index in [1.54, 1.807) is 0 Å². The molecule has 20 heavy (non-hydrogen) atoms. The van der Waals surface area contributed by atoms with E-state index in [2.05, 4.69) is 4.74 Å². The zero-order chi connectivity index (χ0) is 15.4. The first-order valence-corrected chi connectivity index (χ1v) is 5.22. The molecule has 0 aliphatic rings. The van der Waals surface area contributed by atoms with Crippen LogP contribution in [0, 0.1) is 23.3 Å². The highest BCUT2D eigenvalue weighted by molar-refractivity contribution is 6.23. The van der Waals surface area contributed by atoms with Crippen molar-refractivity contribution in [1.29, 1.82) is 0 Å². The Morgan fingerprint density at radius 3 is 2.30 bits per heavy atom. The fourth-order valence-corrected chi connectivity index (χ4v) is 1.24. The van der Waals surface area contributed by atoms with Crippen LogP contribution in [0.2, 0.25) is 0 Å². The highest BCUT2D eigenvalue weighted by Gasteiger charge is 2.25. The number of rotatable bonds is 5. The summed E-state index contributed by atoms with van der Waals surface area (Å²) in [6, 6.07) is 0.0544. The first-order chi connectivity index (χ1) is 9.31. The zero-order valence-electron chi connectivity index (χ0n) is 10.0. The standard InChI is InChI=1S/C12H8F4O4/c1-2-20-4-6(12(18)19)11(17)5-3-7(13)9(15)10(16)8(5)14/h3-4H,2H2,1H3,(H,18,19)/p-1/b6-4-. The second-order valence-electron chi connectivity index (χ2n) is 3.45. The second kappa shape index (κ2) is 6.18. The van der Waals surface area contributed by atoms with E-state index in [0.717, 1.165) is 0 Å². The molecule has 0 atom stereocenters. The molecule has 1 rings (SSSR count). The number of carbonyl (C=O) groups excluding carboxylic acids is 2. The lowest BCUT2D eigenvalue weighted by Crippen LogP contribution is -2.29. The van der Waals surface area contributed by atoms with Crippen molar-refractivity contribution in [3.8, 4) is 0 Å². The number of hydrogen-bond acceptors (Lipinski definition) is 4. The third-order valence-electron chi connectivity index (χ3n) is 2.18. The van der Waals surface area contributed by atoms with Crippen molar-refractivity contribution in [1.82, 2.24) is 0 Å². The number of carbonyl (C=O) groups is 2. The van der Waals surface area contributed by atoms with Crippen molar-refractivity contribution < 1.29 is 37.0 Å². The predicted octanol–water partition coefficient (Wildman–Crippen LogP) is 1.10. The molecule has 0 aromatic heterocycles. The maximum atomic E-state index is 13.4. The van der Waals surface area contributed by atoms with Gasteiger partial charge in [0.1, 0.15) is 0 Å². The van der Waals surface area contributed by atoms with E-state index in [9.17, 15) is 32.3 Å². The Labute approximate surface area is 110 Å². The smallest absolute Gasteiger partial charge is 0.201 e. The van der Waals surface area contributed by atoms with Crippen LogP contribution in [-0.2, 0) is 9.53 Å². The molecular formula is C12H7F4O4-. The summed E-state index contributed by atoms with van der Waals surface area (Å²) < 4.78 is 56.5. The van der Waals surface area contributed by atoms with Gasteiger partial charge in [-0.2, -0.15) is 0 Å². The van der Waals surface area contributed by atoms with Crippen molar-refractivity contribution in [3.63, 3.8) is 0 Å². The number of Topliss-reactive ketones (excluding diaryl/α,β-unsaturated/α-hetero) is 1. The van der Waals surface area contributed by atoms with Crippen molar-refractivity contribution in [3.05, 3.63) is 46.7 Å². The summed E-state index contributed by atoms with van der Waals surface area (Å²) >= 11 is 0. The van der Waals surface area contributed by atoms with E-state index in [1.807, 2.05) is 0 Å². The molecule has 0 amide bonds. The van der Waals surface area contributed by atoms with Crippen LogP contribution >= 0.6 is 0 Å². The quantitative estimate of drug-likeness (QED) is 0.119. The molecule has 0 spiro atoms. The van der Waals surface area contributed by atoms with Crippen LogP contribution in [0.4, 0.5) is 17.6 Å². The van der Waals surface area contributed by atoms with Gasteiger partial charge in [-0.1, -0.05) is 0 Å². The first-order valence-electron chi connectivity index (χ1n) is 5.22. The maximum Gasteiger partial charge on any atom is 0.201 e. The number of carboxylic acid groups (broad SMARTS) is 1. The number of ether oxygens (including phenoxy) is 1. The average Bonchev–Trinajstić information content (AvgIpc) is 2.40. The molecule has 0 saturated heterocycles. The van der Waals surface area contributed by atoms with Gasteiger partial charge in [0.15, 0.2) is 23.3 Å². The molecular weight excluding hydrogens is 284 g/mol. The van der Waals surface area contributed by atoms with Crippen LogP contribution in [0.25, 0.3) is 0 Å². The van der Waals surface area contributed by atoms with Gasteiger partial charge in [-0.25, -0.2) is 17.6 Å². The number of hydrogen-bond donors (Lipinski definition) is 0. The number of benzene rings is 1. The minimum absolute atomic E-state index is 0.0152. The minimum atomic E-state index is -2.22. The summed E-state index contributed by atoms with van der Waals surface area (Å²) in [5, 5.41) is 10.7. The lowest BCUT2D eigenvalue weighted by atomic mass is 10.0. The van der Waals surface area contributed by atoms with Gasteiger partial charge >= 0.3 is 0 Å². The number of halogens is 4. The van der Waals surface area contributed by atoms with Gasteiger partial charge in [-0.15, -0.1) is 0 Å². The Balaban J connectivity index is 3.37. The Bertz CT molecular complexity index is 596. The Morgan fingerprint density at radius 1 is 1.20 bits per heavy atom. The van der Waals surface area contributed by atoms with Gasteiger partial charge in [0.25, 0.3) is 0 Å². The molecule has 0 bridgehead atoms. The van der Waals surface area contributed by atoms with E-state index < -0.39 is 46.2 Å². The van der Waals surface area contributed by atoms with Crippen LogP contribution in [0.15, 0.2) is 17.9 Å². The van der Waals surface area contributed by atoms with Crippen LogP contribution in [0.3, 0.4) is 0 Å². The van der Waals surface area contributed by atoms with Crippen LogP contribution in [0.5, 0.6) is 0 Å². The summed E-state index contributed by atoms with van der Waals surface area (Å²) in [4.78, 5) is 22.4. The molecule has 1 aromatic carbocycles. The van der Waals surface area contributed by atoms with E-state index >= 15 is 0 Å². The van der Waals surface area contributed by atoms with E-state index in [1.165, 1.54) is 6.92 Å². The summed E-state index contributed by atoms with van der Waals surface area (Å²) in [5.74, 6) is -11.8. The Morgan fingerprint density at radius 2 is 1.80 bits per heavy atom. The normalized spacial score (nSPS) is 11.3. The van der Waals surface area contributed by atoms with Gasteiger partial charge in [0, 0.05) is 0 Å². The Hall–Kier alpha value is -2.38. The van der Waals surface area contributed by atoms with Crippen molar-refractivity contribution in [2.45, 2.75) is 6.92 Å². The monoisotopic (exact) mass is 291 g/mol. The van der Waals surface area contributed by atoms with Gasteiger partial charge in [0.05, 0.1) is 30.0 Å². The molecule has 0 aliphatic heterocycles. The van der Waals surface area contributed by atoms with Crippen molar-refractivity contribution >= 4 is 11.8 Å². The summed E-state index contributed by atoms with van der Waals surface area (Å²) in [6.07, 6.45) is 0.455. The summed E-state index contributed by atoms with van der Waals surface area (Å²) in [7, 11) is 0. The molecule has 0 fully saturated rings. The van der Waals surface area contributed by atoms with Crippen molar-refractivity contribution in [2.75, 3.05) is 6.61 Å². The van der Waals surface area contributed by atoms with Crippen molar-refractivity contribution in [2.24, 2.45) is 0 Å². The molecule has 0 unspecified atom stereocenters. The van der Waals surface area contributed by atoms with Crippen LogP contribution in [-0.4, -0.2) is 18.4 Å². The fraction of sp³-hybridized carbons (Fsp3) is 0.167. The minimum Gasteiger partial charge on any atom is -0.545 e. The van der Waals surface area contributed by atoms with Crippen LogP contribution < -0.4 is 5.11 Å². The molecule has 8 heteroatoms. The molecule has 4 nitrogen and oxygen atoms in total. The van der Waals surface area contributed by atoms with E-state index in [-0.39, 0.29) is 12.7 Å². The van der Waals surface area contributed by atoms with E-state index in [4.69, 9.17) is 0 Å².